The zero-order chi connectivity index (χ0) is 24.5. The van der Waals surface area contributed by atoms with Crippen LogP contribution in [0.4, 0.5) is 10.8 Å². The average molecular weight is 500 g/mol. The third kappa shape index (κ3) is 4.38. The van der Waals surface area contributed by atoms with Gasteiger partial charge >= 0.3 is 0 Å². The first-order chi connectivity index (χ1) is 16.3. The fraction of sp³-hybridized carbons (Fsp3) is 0.333. The highest BCUT2D eigenvalue weighted by atomic mass is 35.5. The molecular formula is C24H26ClN5O3S. The van der Waals surface area contributed by atoms with Crippen LogP contribution in [0.2, 0.25) is 5.15 Å². The van der Waals surface area contributed by atoms with E-state index in [-0.39, 0.29) is 35.1 Å². The van der Waals surface area contributed by atoms with Crippen molar-refractivity contribution < 1.29 is 14.7 Å². The SMILES string of the molecule is CNC(=O)c1cc(Cl)ncc1NC(=O)C1(c2ccccc2C(C)C)CN(c2ncc(CO)s2)C1. The van der Waals surface area contributed by atoms with Crippen molar-refractivity contribution in [2.45, 2.75) is 31.8 Å². The number of carbonyl (C=O) groups is 2. The van der Waals surface area contributed by atoms with Crippen molar-refractivity contribution in [3.8, 4) is 0 Å². The molecule has 4 rings (SSSR count). The van der Waals surface area contributed by atoms with Gasteiger partial charge in [0.2, 0.25) is 5.91 Å². The number of amides is 2. The van der Waals surface area contributed by atoms with Gasteiger partial charge in [0, 0.05) is 26.3 Å². The maximum atomic E-state index is 13.9. The van der Waals surface area contributed by atoms with Gasteiger partial charge in [0.1, 0.15) is 10.6 Å². The van der Waals surface area contributed by atoms with Crippen LogP contribution in [-0.2, 0) is 16.8 Å². The van der Waals surface area contributed by atoms with Crippen LogP contribution in [0.3, 0.4) is 0 Å². The molecule has 1 fully saturated rings. The Balaban J connectivity index is 1.72. The fourth-order valence-corrected chi connectivity index (χ4v) is 5.15. The third-order valence-corrected chi connectivity index (χ3v) is 7.26. The molecule has 0 spiro atoms. The number of hydrogen-bond donors (Lipinski definition) is 3. The Labute approximate surface area is 207 Å². The van der Waals surface area contributed by atoms with E-state index in [4.69, 9.17) is 11.6 Å². The van der Waals surface area contributed by atoms with Gasteiger partial charge in [-0.25, -0.2) is 9.97 Å². The predicted octanol–water partition coefficient (Wildman–Crippen LogP) is 3.56. The second-order valence-corrected chi connectivity index (χ2v) is 10.0. The lowest BCUT2D eigenvalue weighted by Crippen LogP contribution is -2.65. The number of aliphatic hydroxyl groups excluding tert-OH is 1. The standard InChI is InChI=1S/C24H26ClN5O3S/c1-14(2)16-6-4-5-7-18(16)24(12-30(13-24)23-28-9-15(11-31)34-23)22(33)29-19-10-27-20(25)8-17(19)21(32)26-3/h4-10,14,31H,11-13H2,1-3H3,(H,26,32)(H,29,33). The molecule has 3 aromatic rings. The first-order valence-corrected chi connectivity index (χ1v) is 12.1. The van der Waals surface area contributed by atoms with Crippen molar-refractivity contribution in [3.05, 3.63) is 69.4 Å². The largest absolute Gasteiger partial charge is 0.391 e. The molecule has 2 amide bonds. The van der Waals surface area contributed by atoms with E-state index < -0.39 is 5.41 Å². The lowest BCUT2D eigenvalue weighted by atomic mass is 9.70. The highest BCUT2D eigenvalue weighted by Crippen LogP contribution is 2.43. The monoisotopic (exact) mass is 499 g/mol. The molecule has 10 heteroatoms. The summed E-state index contributed by atoms with van der Waals surface area (Å²) in [6.45, 7) is 4.96. The molecule has 1 aromatic carbocycles. The summed E-state index contributed by atoms with van der Waals surface area (Å²) in [7, 11) is 1.51. The normalized spacial score (nSPS) is 14.6. The number of carbonyl (C=O) groups excluding carboxylic acids is 2. The molecule has 3 N–H and O–H groups in total. The summed E-state index contributed by atoms with van der Waals surface area (Å²) in [6.07, 6.45) is 3.05. The molecule has 1 aliphatic heterocycles. The Morgan fingerprint density at radius 2 is 1.97 bits per heavy atom. The summed E-state index contributed by atoms with van der Waals surface area (Å²) in [5, 5.41) is 15.8. The molecule has 0 saturated carbocycles. The topological polar surface area (TPSA) is 107 Å². The van der Waals surface area contributed by atoms with Gasteiger partial charge in [-0.15, -0.1) is 0 Å². The number of nitrogens with one attached hydrogen (secondary N) is 2. The van der Waals surface area contributed by atoms with Gasteiger partial charge in [0.05, 0.1) is 28.9 Å². The van der Waals surface area contributed by atoms with E-state index >= 15 is 0 Å². The van der Waals surface area contributed by atoms with E-state index in [1.54, 1.807) is 6.20 Å². The van der Waals surface area contributed by atoms with Crippen molar-refractivity contribution in [2.24, 2.45) is 0 Å². The summed E-state index contributed by atoms with van der Waals surface area (Å²) in [5.74, 6) is -0.384. The zero-order valence-corrected chi connectivity index (χ0v) is 20.7. The van der Waals surface area contributed by atoms with E-state index in [2.05, 4.69) is 34.4 Å². The molecule has 0 bridgehead atoms. The molecule has 0 radical (unpaired) electrons. The van der Waals surface area contributed by atoms with Crippen LogP contribution < -0.4 is 15.5 Å². The Kier molecular flexibility index (Phi) is 6.88. The molecule has 8 nitrogen and oxygen atoms in total. The molecule has 0 atom stereocenters. The van der Waals surface area contributed by atoms with Crippen LogP contribution in [0.15, 0.2) is 42.7 Å². The first-order valence-electron chi connectivity index (χ1n) is 10.9. The maximum absolute atomic E-state index is 13.9. The lowest BCUT2D eigenvalue weighted by Gasteiger charge is -2.50. The number of nitrogens with zero attached hydrogens (tertiary/aromatic N) is 3. The second kappa shape index (κ2) is 9.69. The molecule has 178 valence electrons. The van der Waals surface area contributed by atoms with Crippen molar-refractivity contribution in [1.82, 2.24) is 15.3 Å². The van der Waals surface area contributed by atoms with Crippen LogP contribution in [0.1, 0.15) is 46.1 Å². The van der Waals surface area contributed by atoms with Crippen LogP contribution in [0.25, 0.3) is 0 Å². The number of aromatic nitrogens is 2. The van der Waals surface area contributed by atoms with Crippen molar-refractivity contribution in [3.63, 3.8) is 0 Å². The summed E-state index contributed by atoms with van der Waals surface area (Å²) < 4.78 is 0. The van der Waals surface area contributed by atoms with E-state index in [1.165, 1.54) is 30.6 Å². The minimum Gasteiger partial charge on any atom is -0.391 e. The van der Waals surface area contributed by atoms with Gasteiger partial charge in [-0.2, -0.15) is 0 Å². The minimum absolute atomic E-state index is 0.0703. The van der Waals surface area contributed by atoms with Crippen LogP contribution >= 0.6 is 22.9 Å². The fourth-order valence-electron chi connectivity index (χ4n) is 4.22. The van der Waals surface area contributed by atoms with E-state index in [9.17, 15) is 14.7 Å². The predicted molar refractivity (Wildman–Crippen MR) is 134 cm³/mol. The molecule has 2 aromatic heterocycles. The number of aliphatic hydroxyl groups is 1. The number of rotatable bonds is 7. The molecule has 1 aliphatic rings. The molecule has 34 heavy (non-hydrogen) atoms. The number of thiazole rings is 1. The van der Waals surface area contributed by atoms with Gasteiger partial charge in [0.25, 0.3) is 5.91 Å². The Hall–Kier alpha value is -3.01. The van der Waals surface area contributed by atoms with Gasteiger partial charge in [-0.1, -0.05) is 61.1 Å². The highest BCUT2D eigenvalue weighted by molar-refractivity contribution is 7.15. The van der Waals surface area contributed by atoms with Gasteiger partial charge < -0.3 is 20.6 Å². The quantitative estimate of drug-likeness (QED) is 0.429. The van der Waals surface area contributed by atoms with Crippen LogP contribution in [0, 0.1) is 0 Å². The number of pyridine rings is 1. The van der Waals surface area contributed by atoms with Crippen LogP contribution in [0.5, 0.6) is 0 Å². The Morgan fingerprint density at radius 3 is 2.62 bits per heavy atom. The van der Waals surface area contributed by atoms with Crippen molar-refractivity contribution in [1.29, 1.82) is 0 Å². The summed E-state index contributed by atoms with van der Waals surface area (Å²) in [5.41, 5.74) is 1.72. The van der Waals surface area contributed by atoms with Gasteiger partial charge in [0.15, 0.2) is 5.13 Å². The maximum Gasteiger partial charge on any atom is 0.253 e. The number of benzene rings is 1. The Morgan fingerprint density at radius 1 is 1.24 bits per heavy atom. The average Bonchev–Trinajstić information content (AvgIpc) is 3.28. The summed E-state index contributed by atoms with van der Waals surface area (Å²) in [6, 6.07) is 9.38. The van der Waals surface area contributed by atoms with Crippen LogP contribution in [-0.4, -0.2) is 47.0 Å². The third-order valence-electron chi connectivity index (χ3n) is 6.01. The van der Waals surface area contributed by atoms with Crippen molar-refractivity contribution in [2.75, 3.05) is 30.4 Å². The van der Waals surface area contributed by atoms with Crippen molar-refractivity contribution >= 4 is 45.6 Å². The number of hydrogen-bond acceptors (Lipinski definition) is 7. The molecule has 1 saturated heterocycles. The van der Waals surface area contributed by atoms with E-state index in [1.807, 2.05) is 29.2 Å². The zero-order valence-electron chi connectivity index (χ0n) is 19.1. The van der Waals surface area contributed by atoms with E-state index in [0.29, 0.717) is 18.8 Å². The number of anilines is 2. The Bertz CT molecular complexity index is 1220. The molecule has 0 unspecified atom stereocenters. The number of halogens is 1. The first kappa shape index (κ1) is 24.1. The van der Waals surface area contributed by atoms with E-state index in [0.717, 1.165) is 21.1 Å². The molecule has 3 heterocycles. The second-order valence-electron chi connectivity index (χ2n) is 8.53. The molecule has 0 aliphatic carbocycles. The highest BCUT2D eigenvalue weighted by Gasteiger charge is 2.52. The molecular weight excluding hydrogens is 474 g/mol. The summed E-state index contributed by atoms with van der Waals surface area (Å²) >= 11 is 7.41. The lowest BCUT2D eigenvalue weighted by molar-refractivity contribution is -0.122. The smallest absolute Gasteiger partial charge is 0.253 e. The van der Waals surface area contributed by atoms with Gasteiger partial charge in [-0.05, 0) is 23.1 Å². The summed E-state index contributed by atoms with van der Waals surface area (Å²) in [4.78, 5) is 37.5. The van der Waals surface area contributed by atoms with Gasteiger partial charge in [-0.3, -0.25) is 9.59 Å². The minimum atomic E-state index is -0.856.